The molecule has 2 nitrogen and oxygen atoms in total. The molecule has 0 bridgehead atoms. The highest BCUT2D eigenvalue weighted by Crippen LogP contribution is 2.54. The van der Waals surface area contributed by atoms with Crippen molar-refractivity contribution >= 4 is 70.5 Å². The normalized spacial score (nSPS) is 14.6. The minimum absolute atomic E-state index is 0.113. The molecule has 10 aromatic rings. The van der Waals surface area contributed by atoms with E-state index >= 15 is 0 Å². The van der Waals surface area contributed by atoms with Gasteiger partial charge in [0, 0.05) is 58.8 Å². The summed E-state index contributed by atoms with van der Waals surface area (Å²) in [4.78, 5) is 2.44. The van der Waals surface area contributed by atoms with Gasteiger partial charge in [-0.3, -0.25) is 0 Å². The molecule has 0 fully saturated rings. The maximum Gasteiger partial charge on any atom is 0.135 e. The van der Waals surface area contributed by atoms with Crippen molar-refractivity contribution in [3.05, 3.63) is 198 Å². The third kappa shape index (κ3) is 4.26. The number of fused-ring (bicyclic) bond motifs is 12. The predicted molar refractivity (Wildman–Crippen MR) is 236 cm³/mol. The molecule has 0 aliphatic heterocycles. The maximum absolute atomic E-state index is 6.59. The Morgan fingerprint density at radius 2 is 0.946 bits per heavy atom. The Bertz CT molecular complexity index is 3220. The molecule has 266 valence electrons. The second-order valence-corrected chi connectivity index (χ2v) is 17.3. The van der Waals surface area contributed by atoms with Gasteiger partial charge in [0.05, 0.1) is 0 Å². The Balaban J connectivity index is 1.06. The van der Waals surface area contributed by atoms with E-state index in [2.05, 4.69) is 196 Å². The van der Waals surface area contributed by atoms with Crippen molar-refractivity contribution in [2.45, 2.75) is 31.6 Å². The summed E-state index contributed by atoms with van der Waals surface area (Å²) in [5, 5.41) is 4.86. The molecule has 3 heteroatoms. The van der Waals surface area contributed by atoms with Crippen LogP contribution in [-0.2, 0) is 10.8 Å². The van der Waals surface area contributed by atoms with Gasteiger partial charge in [-0.2, -0.15) is 0 Å². The van der Waals surface area contributed by atoms with Gasteiger partial charge in [-0.25, -0.2) is 0 Å². The molecule has 2 heterocycles. The van der Waals surface area contributed by atoms with Crippen LogP contribution >= 0.6 is 11.3 Å². The number of hydrogen-bond acceptors (Lipinski definition) is 3. The summed E-state index contributed by atoms with van der Waals surface area (Å²) >= 11 is 1.86. The van der Waals surface area contributed by atoms with Gasteiger partial charge in [-0.15, -0.1) is 11.3 Å². The smallest absolute Gasteiger partial charge is 0.135 e. The lowest BCUT2D eigenvalue weighted by Gasteiger charge is -2.28. The minimum atomic E-state index is -0.289. The molecule has 0 spiro atoms. The molecule has 12 rings (SSSR count). The molecule has 0 amide bonds. The van der Waals surface area contributed by atoms with E-state index in [1.54, 1.807) is 0 Å². The fourth-order valence-corrected chi connectivity index (χ4v) is 11.3. The highest BCUT2D eigenvalue weighted by Gasteiger charge is 2.41. The molecular formula is C53H37NOS. The molecule has 8 aromatic carbocycles. The van der Waals surface area contributed by atoms with Crippen LogP contribution in [0.5, 0.6) is 0 Å². The van der Waals surface area contributed by atoms with Gasteiger partial charge < -0.3 is 9.32 Å². The van der Waals surface area contributed by atoms with Gasteiger partial charge >= 0.3 is 0 Å². The number of rotatable bonds is 4. The van der Waals surface area contributed by atoms with Crippen LogP contribution in [0.15, 0.2) is 174 Å². The second-order valence-electron chi connectivity index (χ2n) is 16.2. The first-order valence-corrected chi connectivity index (χ1v) is 20.3. The van der Waals surface area contributed by atoms with E-state index in [9.17, 15) is 0 Å². The molecule has 56 heavy (non-hydrogen) atoms. The van der Waals surface area contributed by atoms with Gasteiger partial charge in [0.25, 0.3) is 0 Å². The van der Waals surface area contributed by atoms with Gasteiger partial charge in [0.2, 0.25) is 0 Å². The largest absolute Gasteiger partial charge is 0.456 e. The molecule has 0 saturated heterocycles. The molecule has 2 aromatic heterocycles. The summed E-state index contributed by atoms with van der Waals surface area (Å²) < 4.78 is 9.18. The first-order chi connectivity index (χ1) is 27.4. The molecule has 2 aliphatic carbocycles. The summed E-state index contributed by atoms with van der Waals surface area (Å²) in [5.41, 5.74) is 16.8. The van der Waals surface area contributed by atoms with E-state index in [0.717, 1.165) is 39.0 Å². The molecule has 0 unspecified atom stereocenters. The SMILES string of the molecule is CC1(C)c2ccccc2-c2ccc(N(c3ccc4c(c3)sc3ccccc34)c3ccc4oc5ccc(C6(C)c7ccccc7-c7ccccc76)cc5c4c3)cc21. The first kappa shape index (κ1) is 31.9. The molecule has 0 radical (unpaired) electrons. The van der Waals surface area contributed by atoms with E-state index in [0.29, 0.717) is 0 Å². The first-order valence-electron chi connectivity index (χ1n) is 19.5. The van der Waals surface area contributed by atoms with Crippen molar-refractivity contribution in [1.29, 1.82) is 0 Å². The summed E-state index contributed by atoms with van der Waals surface area (Å²) in [6, 6.07) is 63.0. The Kier molecular flexibility index (Phi) is 6.44. The van der Waals surface area contributed by atoms with Gasteiger partial charge in [0.15, 0.2) is 0 Å². The molecule has 0 saturated carbocycles. The number of benzene rings is 8. The van der Waals surface area contributed by atoms with Crippen molar-refractivity contribution in [3.8, 4) is 22.3 Å². The summed E-state index contributed by atoms with van der Waals surface area (Å²) in [5.74, 6) is 0. The quantitative estimate of drug-likeness (QED) is 0.179. The van der Waals surface area contributed by atoms with Crippen molar-refractivity contribution in [2.24, 2.45) is 0 Å². The third-order valence-electron chi connectivity index (χ3n) is 13.0. The molecular weight excluding hydrogens is 699 g/mol. The van der Waals surface area contributed by atoms with Crippen LogP contribution in [0.4, 0.5) is 17.1 Å². The van der Waals surface area contributed by atoms with Gasteiger partial charge in [-0.1, -0.05) is 123 Å². The average molecular weight is 736 g/mol. The lowest BCUT2D eigenvalue weighted by molar-refractivity contribution is 0.660. The fourth-order valence-electron chi connectivity index (χ4n) is 10.1. The second kappa shape index (κ2) is 11.3. The van der Waals surface area contributed by atoms with E-state index in [-0.39, 0.29) is 10.8 Å². The third-order valence-corrected chi connectivity index (χ3v) is 14.1. The van der Waals surface area contributed by atoms with Gasteiger partial charge in [-0.05, 0) is 118 Å². The average Bonchev–Trinajstić information content (AvgIpc) is 3.94. The number of anilines is 3. The Morgan fingerprint density at radius 3 is 1.71 bits per heavy atom. The lowest BCUT2D eigenvalue weighted by Crippen LogP contribution is -2.22. The maximum atomic E-state index is 6.59. The van der Waals surface area contributed by atoms with E-state index in [1.165, 1.54) is 70.2 Å². The van der Waals surface area contributed by atoms with Crippen LogP contribution in [0.1, 0.15) is 48.6 Å². The highest BCUT2D eigenvalue weighted by atomic mass is 32.1. The number of hydrogen-bond donors (Lipinski definition) is 0. The summed E-state index contributed by atoms with van der Waals surface area (Å²) in [7, 11) is 0. The number of nitrogens with zero attached hydrogens (tertiary/aromatic N) is 1. The standard InChI is InChI=1S/C53H37NOS/c1-52(2)44-16-8-4-12-36(44)39-24-21-34(30-47(39)52)54(35-22-25-41-40-15-7-11-19-50(40)56-51(41)31-35)33-23-27-49-43(29-33)42-28-32(20-26-48(42)55-49)53(3)45-17-9-5-13-37(45)38-14-6-10-18-46(38)53/h4-31H,1-3H3. The highest BCUT2D eigenvalue weighted by molar-refractivity contribution is 7.25. The number of furan rings is 1. The summed E-state index contributed by atoms with van der Waals surface area (Å²) in [6.07, 6.45) is 0. The minimum Gasteiger partial charge on any atom is -0.456 e. The zero-order valence-corrected chi connectivity index (χ0v) is 32.2. The van der Waals surface area contributed by atoms with Crippen LogP contribution in [0.3, 0.4) is 0 Å². The lowest BCUT2D eigenvalue weighted by atomic mass is 9.74. The van der Waals surface area contributed by atoms with Crippen LogP contribution in [0.25, 0.3) is 64.4 Å². The van der Waals surface area contributed by atoms with Crippen molar-refractivity contribution in [3.63, 3.8) is 0 Å². The van der Waals surface area contributed by atoms with Crippen LogP contribution in [0, 0.1) is 0 Å². The summed E-state index contributed by atoms with van der Waals surface area (Å²) in [6.45, 7) is 7.10. The monoisotopic (exact) mass is 735 g/mol. The topological polar surface area (TPSA) is 16.4 Å². The Labute approximate surface area is 329 Å². The van der Waals surface area contributed by atoms with Crippen molar-refractivity contribution in [2.75, 3.05) is 4.90 Å². The Morgan fingerprint density at radius 1 is 0.411 bits per heavy atom. The fraction of sp³-hybridized carbons (Fsp3) is 0.0943. The van der Waals surface area contributed by atoms with E-state index in [1.807, 2.05) is 11.3 Å². The van der Waals surface area contributed by atoms with E-state index < -0.39 is 0 Å². The van der Waals surface area contributed by atoms with Crippen LogP contribution in [-0.4, -0.2) is 0 Å². The Hall–Kier alpha value is -6.42. The van der Waals surface area contributed by atoms with Crippen molar-refractivity contribution < 1.29 is 4.42 Å². The van der Waals surface area contributed by atoms with Crippen LogP contribution in [0.2, 0.25) is 0 Å². The molecule has 2 aliphatic rings. The zero-order chi connectivity index (χ0) is 37.3. The van der Waals surface area contributed by atoms with Crippen LogP contribution < -0.4 is 4.90 Å². The van der Waals surface area contributed by atoms with Crippen molar-refractivity contribution in [1.82, 2.24) is 0 Å². The van der Waals surface area contributed by atoms with E-state index in [4.69, 9.17) is 4.42 Å². The molecule has 0 N–H and O–H groups in total. The molecule has 0 atom stereocenters. The zero-order valence-electron chi connectivity index (χ0n) is 31.4. The number of thiophene rings is 1. The van der Waals surface area contributed by atoms with Gasteiger partial charge in [0.1, 0.15) is 11.2 Å². The predicted octanol–water partition coefficient (Wildman–Crippen LogP) is 15.1.